The summed E-state index contributed by atoms with van der Waals surface area (Å²) in [5, 5.41) is 3.25. The molecule has 2 rings (SSSR count). The third-order valence-electron chi connectivity index (χ3n) is 3.84. The molecule has 0 aliphatic heterocycles. The van der Waals surface area contributed by atoms with Crippen molar-refractivity contribution >= 4 is 5.82 Å². The molecule has 100 valence electrons. The quantitative estimate of drug-likeness (QED) is 0.843. The van der Waals surface area contributed by atoms with Gasteiger partial charge in [-0.15, -0.1) is 0 Å². The van der Waals surface area contributed by atoms with Crippen molar-refractivity contribution < 1.29 is 0 Å². The predicted octanol–water partition coefficient (Wildman–Crippen LogP) is 2.79. The highest BCUT2D eigenvalue weighted by Gasteiger charge is 2.34. The Morgan fingerprint density at radius 2 is 2.17 bits per heavy atom. The van der Waals surface area contributed by atoms with Crippen molar-refractivity contribution in [3.05, 3.63) is 22.7 Å². The number of hydrogen-bond donors (Lipinski definition) is 2. The molecule has 2 N–H and O–H groups in total. The Bertz CT molecular complexity index is 433. The van der Waals surface area contributed by atoms with E-state index in [0.29, 0.717) is 17.2 Å². The lowest BCUT2D eigenvalue weighted by Crippen LogP contribution is -2.30. The van der Waals surface area contributed by atoms with E-state index in [-0.39, 0.29) is 5.56 Å². The van der Waals surface area contributed by atoms with Gasteiger partial charge >= 0.3 is 0 Å². The van der Waals surface area contributed by atoms with Crippen LogP contribution in [0.3, 0.4) is 0 Å². The Balaban J connectivity index is 2.02. The molecule has 1 aromatic rings. The molecule has 0 atom stereocenters. The summed E-state index contributed by atoms with van der Waals surface area (Å²) >= 11 is 0. The van der Waals surface area contributed by atoms with Crippen LogP contribution in [0, 0.1) is 11.3 Å². The molecule has 0 spiro atoms. The minimum Gasteiger partial charge on any atom is -0.365 e. The molecule has 4 nitrogen and oxygen atoms in total. The van der Waals surface area contributed by atoms with Gasteiger partial charge in [-0.1, -0.05) is 26.7 Å². The number of H-pyrrole nitrogens is 1. The Morgan fingerprint density at radius 1 is 1.44 bits per heavy atom. The van der Waals surface area contributed by atoms with Crippen LogP contribution in [0.25, 0.3) is 0 Å². The smallest absolute Gasteiger partial charge is 0.290 e. The summed E-state index contributed by atoms with van der Waals surface area (Å²) in [7, 11) is 0. The van der Waals surface area contributed by atoms with E-state index in [1.165, 1.54) is 32.1 Å². The summed E-state index contributed by atoms with van der Waals surface area (Å²) < 4.78 is 0. The van der Waals surface area contributed by atoms with Crippen LogP contribution in [-0.2, 0) is 0 Å². The van der Waals surface area contributed by atoms with Gasteiger partial charge in [0.25, 0.3) is 5.56 Å². The van der Waals surface area contributed by atoms with Gasteiger partial charge in [0.1, 0.15) is 0 Å². The number of nitrogens with one attached hydrogen (secondary N) is 2. The van der Waals surface area contributed by atoms with Crippen molar-refractivity contribution in [3.63, 3.8) is 0 Å². The van der Waals surface area contributed by atoms with E-state index in [0.717, 1.165) is 6.54 Å². The first kappa shape index (κ1) is 13.1. The van der Waals surface area contributed by atoms with E-state index in [2.05, 4.69) is 29.1 Å². The molecular formula is C14H23N3O. The molecule has 1 aromatic heterocycles. The van der Waals surface area contributed by atoms with Gasteiger partial charge in [0.2, 0.25) is 0 Å². The van der Waals surface area contributed by atoms with Gasteiger partial charge in [0, 0.05) is 18.9 Å². The van der Waals surface area contributed by atoms with Crippen molar-refractivity contribution in [2.45, 2.75) is 46.0 Å². The standard InChI is InChI=1S/C14H23N3O/c1-11(2)9-14(5-3-4-6-14)10-17-12-13(18)16-8-7-15-12/h7-8,11H,3-6,9-10H2,1-2H3,(H,15,17)(H,16,18). The molecule has 0 aromatic carbocycles. The molecular weight excluding hydrogens is 226 g/mol. The highest BCUT2D eigenvalue weighted by Crippen LogP contribution is 2.42. The van der Waals surface area contributed by atoms with E-state index < -0.39 is 0 Å². The highest BCUT2D eigenvalue weighted by atomic mass is 16.1. The van der Waals surface area contributed by atoms with E-state index >= 15 is 0 Å². The summed E-state index contributed by atoms with van der Waals surface area (Å²) in [6.45, 7) is 5.41. The van der Waals surface area contributed by atoms with Crippen molar-refractivity contribution in [2.75, 3.05) is 11.9 Å². The summed E-state index contributed by atoms with van der Waals surface area (Å²) in [5.74, 6) is 1.15. The number of aromatic nitrogens is 2. The van der Waals surface area contributed by atoms with Crippen LogP contribution in [0.15, 0.2) is 17.2 Å². The molecule has 0 bridgehead atoms. The lowest BCUT2D eigenvalue weighted by atomic mass is 9.78. The molecule has 1 heterocycles. The second-order valence-electron chi connectivity index (χ2n) is 5.93. The first-order valence-corrected chi connectivity index (χ1v) is 6.89. The number of anilines is 1. The molecule has 1 aliphatic rings. The zero-order chi connectivity index (χ0) is 13.0. The Kier molecular flexibility index (Phi) is 4.04. The molecule has 0 saturated heterocycles. The van der Waals surface area contributed by atoms with Crippen LogP contribution in [0.1, 0.15) is 46.0 Å². The second kappa shape index (κ2) is 5.55. The zero-order valence-electron chi connectivity index (χ0n) is 11.3. The van der Waals surface area contributed by atoms with Crippen molar-refractivity contribution in [1.82, 2.24) is 9.97 Å². The van der Waals surface area contributed by atoms with Crippen LogP contribution in [-0.4, -0.2) is 16.5 Å². The van der Waals surface area contributed by atoms with Gasteiger partial charge in [0.15, 0.2) is 5.82 Å². The summed E-state index contributed by atoms with van der Waals surface area (Å²) in [6, 6.07) is 0. The lowest BCUT2D eigenvalue weighted by molar-refractivity contribution is 0.252. The average molecular weight is 249 g/mol. The molecule has 0 radical (unpaired) electrons. The second-order valence-corrected chi connectivity index (χ2v) is 5.93. The number of rotatable bonds is 5. The normalized spacial score (nSPS) is 18.2. The fourth-order valence-corrected chi connectivity index (χ4v) is 3.19. The van der Waals surface area contributed by atoms with Gasteiger partial charge in [-0.2, -0.15) is 0 Å². The predicted molar refractivity (Wildman–Crippen MR) is 73.7 cm³/mol. The zero-order valence-corrected chi connectivity index (χ0v) is 11.3. The van der Waals surface area contributed by atoms with E-state index in [9.17, 15) is 4.79 Å². The molecule has 0 amide bonds. The Morgan fingerprint density at radius 3 is 2.78 bits per heavy atom. The van der Waals surface area contributed by atoms with Crippen LogP contribution in [0.4, 0.5) is 5.82 Å². The third-order valence-corrected chi connectivity index (χ3v) is 3.84. The van der Waals surface area contributed by atoms with Crippen molar-refractivity contribution in [3.8, 4) is 0 Å². The monoisotopic (exact) mass is 249 g/mol. The van der Waals surface area contributed by atoms with Crippen LogP contribution >= 0.6 is 0 Å². The van der Waals surface area contributed by atoms with Gasteiger partial charge < -0.3 is 10.3 Å². The van der Waals surface area contributed by atoms with Gasteiger partial charge in [-0.05, 0) is 30.6 Å². The molecule has 1 saturated carbocycles. The van der Waals surface area contributed by atoms with Crippen LogP contribution < -0.4 is 10.9 Å². The molecule has 18 heavy (non-hydrogen) atoms. The maximum atomic E-state index is 11.6. The maximum Gasteiger partial charge on any atom is 0.290 e. The number of aromatic amines is 1. The maximum absolute atomic E-state index is 11.6. The van der Waals surface area contributed by atoms with Crippen LogP contribution in [0.5, 0.6) is 0 Å². The highest BCUT2D eigenvalue weighted by molar-refractivity contribution is 5.30. The molecule has 0 unspecified atom stereocenters. The first-order valence-electron chi connectivity index (χ1n) is 6.89. The fourth-order valence-electron chi connectivity index (χ4n) is 3.19. The van der Waals surface area contributed by atoms with E-state index in [4.69, 9.17) is 0 Å². The fraction of sp³-hybridized carbons (Fsp3) is 0.714. The third kappa shape index (κ3) is 3.12. The molecule has 1 aliphatic carbocycles. The largest absolute Gasteiger partial charge is 0.365 e. The number of nitrogens with zero attached hydrogens (tertiary/aromatic N) is 1. The SMILES string of the molecule is CC(C)CC1(CNc2ncc[nH]c2=O)CCCC1. The van der Waals surface area contributed by atoms with E-state index in [1.807, 2.05) is 0 Å². The number of hydrogen-bond acceptors (Lipinski definition) is 3. The minimum absolute atomic E-state index is 0.129. The molecule has 1 fully saturated rings. The van der Waals surface area contributed by atoms with Gasteiger partial charge in [0.05, 0.1) is 0 Å². The average Bonchev–Trinajstić information content (AvgIpc) is 2.76. The summed E-state index contributed by atoms with van der Waals surface area (Å²) in [5.41, 5.74) is 0.230. The van der Waals surface area contributed by atoms with Crippen LogP contribution in [0.2, 0.25) is 0 Å². The topological polar surface area (TPSA) is 57.8 Å². The Labute approximate surface area is 108 Å². The van der Waals surface area contributed by atoms with Gasteiger partial charge in [-0.3, -0.25) is 4.79 Å². The Hall–Kier alpha value is -1.32. The van der Waals surface area contributed by atoms with E-state index in [1.54, 1.807) is 12.4 Å². The molecule has 4 heteroatoms. The summed E-state index contributed by atoms with van der Waals surface area (Å²) in [4.78, 5) is 18.3. The van der Waals surface area contributed by atoms with Gasteiger partial charge in [-0.25, -0.2) is 4.98 Å². The lowest BCUT2D eigenvalue weighted by Gasteiger charge is -2.31. The summed E-state index contributed by atoms with van der Waals surface area (Å²) in [6.07, 6.45) is 9.57. The van der Waals surface area contributed by atoms with Crippen molar-refractivity contribution in [1.29, 1.82) is 0 Å². The van der Waals surface area contributed by atoms with Crippen molar-refractivity contribution in [2.24, 2.45) is 11.3 Å². The first-order chi connectivity index (χ1) is 8.61. The minimum atomic E-state index is -0.129.